The molecule has 2 N–H and O–H groups in total. The van der Waals surface area contributed by atoms with Crippen molar-refractivity contribution in [2.45, 2.75) is 0 Å². The van der Waals surface area contributed by atoms with Crippen LogP contribution in [0.3, 0.4) is 0 Å². The van der Waals surface area contributed by atoms with Crippen LogP contribution in [0.25, 0.3) is 0 Å². The zero-order chi connectivity index (χ0) is 11.3. The Labute approximate surface area is 94.0 Å². The molecule has 1 heterocycles. The molecule has 0 atom stereocenters. The molecule has 0 aliphatic rings. The normalized spacial score (nSPS) is 10.2. The summed E-state index contributed by atoms with van der Waals surface area (Å²) in [5, 5.41) is 10.7. The molecule has 0 saturated carbocycles. The van der Waals surface area contributed by atoms with Gasteiger partial charge in [0, 0.05) is 12.2 Å². The number of hydrogen-bond donors (Lipinski definition) is 2. The molecule has 78 valence electrons. The Bertz CT molecular complexity index is 400. The van der Waals surface area contributed by atoms with E-state index in [1.165, 1.54) is 6.20 Å². The zero-order valence-corrected chi connectivity index (χ0v) is 9.06. The van der Waals surface area contributed by atoms with E-state index >= 15 is 0 Å². The van der Waals surface area contributed by atoms with Crippen LogP contribution in [-0.2, 0) is 9.59 Å². The standard InChI is InChI=1S/C9H7BrN2O3/c10-7-2-1-6(5-11-7)12-8(13)3-4-9(14)15/h1-5H,(H,12,13)(H,14,15)/b4-3+. The van der Waals surface area contributed by atoms with Crippen molar-refractivity contribution in [1.29, 1.82) is 0 Å². The molecule has 6 heteroatoms. The number of anilines is 1. The average Bonchev–Trinajstić information content (AvgIpc) is 2.19. The van der Waals surface area contributed by atoms with E-state index in [-0.39, 0.29) is 0 Å². The third-order valence-electron chi connectivity index (χ3n) is 1.37. The SMILES string of the molecule is O=C(O)/C=C/C(=O)Nc1ccc(Br)nc1. The minimum absolute atomic E-state index is 0.498. The summed E-state index contributed by atoms with van der Waals surface area (Å²) in [5.74, 6) is -1.68. The summed E-state index contributed by atoms with van der Waals surface area (Å²) < 4.78 is 0.654. The molecule has 1 aromatic rings. The van der Waals surface area contributed by atoms with Crippen molar-refractivity contribution >= 4 is 33.5 Å². The number of carbonyl (C=O) groups is 2. The maximum absolute atomic E-state index is 11.1. The van der Waals surface area contributed by atoms with Crippen LogP contribution in [0.2, 0.25) is 0 Å². The summed E-state index contributed by atoms with van der Waals surface area (Å²) in [7, 11) is 0. The van der Waals surface area contributed by atoms with Gasteiger partial charge in [-0.2, -0.15) is 0 Å². The van der Waals surface area contributed by atoms with E-state index in [4.69, 9.17) is 5.11 Å². The lowest BCUT2D eigenvalue weighted by molar-refractivity contribution is -0.131. The lowest BCUT2D eigenvalue weighted by Gasteiger charge is -2.00. The second kappa shape index (κ2) is 5.26. The zero-order valence-electron chi connectivity index (χ0n) is 7.48. The van der Waals surface area contributed by atoms with Gasteiger partial charge in [0.25, 0.3) is 0 Å². The largest absolute Gasteiger partial charge is 0.478 e. The van der Waals surface area contributed by atoms with E-state index in [0.717, 1.165) is 12.2 Å². The molecule has 0 spiro atoms. The molecule has 0 aliphatic heterocycles. The number of aromatic nitrogens is 1. The topological polar surface area (TPSA) is 79.3 Å². The first-order valence-corrected chi connectivity index (χ1v) is 4.71. The Balaban J connectivity index is 2.59. The van der Waals surface area contributed by atoms with Crippen LogP contribution in [0.15, 0.2) is 35.1 Å². The number of carboxylic acids is 1. The quantitative estimate of drug-likeness (QED) is 0.643. The van der Waals surface area contributed by atoms with Crippen LogP contribution in [0.5, 0.6) is 0 Å². The molecular formula is C9H7BrN2O3. The highest BCUT2D eigenvalue weighted by molar-refractivity contribution is 9.10. The maximum atomic E-state index is 11.1. The number of carboxylic acid groups (broad SMARTS) is 1. The fraction of sp³-hybridized carbons (Fsp3) is 0. The van der Waals surface area contributed by atoms with Crippen molar-refractivity contribution in [3.63, 3.8) is 0 Å². The van der Waals surface area contributed by atoms with Gasteiger partial charge in [0.2, 0.25) is 5.91 Å². The number of carbonyl (C=O) groups excluding carboxylic acids is 1. The van der Waals surface area contributed by atoms with Crippen LogP contribution >= 0.6 is 15.9 Å². The van der Waals surface area contributed by atoms with Gasteiger partial charge in [0.05, 0.1) is 11.9 Å². The Morgan fingerprint density at radius 3 is 2.67 bits per heavy atom. The van der Waals surface area contributed by atoms with Gasteiger partial charge in [-0.3, -0.25) is 4.79 Å². The van der Waals surface area contributed by atoms with Gasteiger partial charge in [-0.1, -0.05) is 0 Å². The number of halogens is 1. The van der Waals surface area contributed by atoms with Crippen molar-refractivity contribution in [2.75, 3.05) is 5.32 Å². The predicted octanol–water partition coefficient (Wildman–Crippen LogP) is 1.42. The molecule has 15 heavy (non-hydrogen) atoms. The van der Waals surface area contributed by atoms with Crippen LogP contribution in [0.4, 0.5) is 5.69 Å². The summed E-state index contributed by atoms with van der Waals surface area (Å²) >= 11 is 3.15. The van der Waals surface area contributed by atoms with Gasteiger partial charge in [-0.25, -0.2) is 9.78 Å². The third kappa shape index (κ3) is 4.37. The second-order valence-electron chi connectivity index (χ2n) is 2.53. The third-order valence-corrected chi connectivity index (χ3v) is 1.84. The van der Waals surface area contributed by atoms with E-state index < -0.39 is 11.9 Å². The second-order valence-corrected chi connectivity index (χ2v) is 3.34. The van der Waals surface area contributed by atoms with Crippen LogP contribution in [-0.4, -0.2) is 22.0 Å². The smallest absolute Gasteiger partial charge is 0.328 e. The minimum atomic E-state index is -1.17. The number of nitrogens with zero attached hydrogens (tertiary/aromatic N) is 1. The molecular weight excluding hydrogens is 264 g/mol. The number of nitrogens with one attached hydrogen (secondary N) is 1. The number of amides is 1. The summed E-state index contributed by atoms with van der Waals surface area (Å²) in [5.41, 5.74) is 0.498. The van der Waals surface area contributed by atoms with Crippen molar-refractivity contribution in [1.82, 2.24) is 4.98 Å². The maximum Gasteiger partial charge on any atom is 0.328 e. The molecule has 0 radical (unpaired) electrons. The number of pyridine rings is 1. The first kappa shape index (κ1) is 11.4. The lowest BCUT2D eigenvalue weighted by atomic mass is 10.4. The molecule has 0 aliphatic carbocycles. The summed E-state index contributed by atoms with van der Waals surface area (Å²) in [6.45, 7) is 0. The Kier molecular flexibility index (Phi) is 3.99. The monoisotopic (exact) mass is 270 g/mol. The van der Waals surface area contributed by atoms with Crippen LogP contribution < -0.4 is 5.32 Å². The van der Waals surface area contributed by atoms with Crippen molar-refractivity contribution in [3.8, 4) is 0 Å². The van der Waals surface area contributed by atoms with Crippen molar-refractivity contribution in [3.05, 3.63) is 35.1 Å². The molecule has 1 amide bonds. The predicted molar refractivity (Wildman–Crippen MR) is 57.3 cm³/mol. The molecule has 1 aromatic heterocycles. The molecule has 0 unspecified atom stereocenters. The Morgan fingerprint density at radius 2 is 2.13 bits per heavy atom. The fourth-order valence-corrected chi connectivity index (χ4v) is 1.02. The summed E-state index contributed by atoms with van der Waals surface area (Å²) in [6, 6.07) is 3.31. The number of rotatable bonds is 3. The summed E-state index contributed by atoms with van der Waals surface area (Å²) in [6.07, 6.45) is 3.16. The van der Waals surface area contributed by atoms with Gasteiger partial charge in [-0.15, -0.1) is 0 Å². The average molecular weight is 271 g/mol. The summed E-state index contributed by atoms with van der Waals surface area (Å²) in [4.78, 5) is 25.1. The van der Waals surface area contributed by atoms with Gasteiger partial charge >= 0.3 is 5.97 Å². The molecule has 0 bridgehead atoms. The number of aliphatic carboxylic acids is 1. The molecule has 1 rings (SSSR count). The fourth-order valence-electron chi connectivity index (χ4n) is 0.781. The highest BCUT2D eigenvalue weighted by Gasteiger charge is 1.98. The molecule has 0 fully saturated rings. The molecule has 5 nitrogen and oxygen atoms in total. The van der Waals surface area contributed by atoms with E-state index in [0.29, 0.717) is 10.3 Å². The van der Waals surface area contributed by atoms with Gasteiger partial charge in [0.15, 0.2) is 0 Å². The van der Waals surface area contributed by atoms with E-state index in [9.17, 15) is 9.59 Å². The van der Waals surface area contributed by atoms with Gasteiger partial charge in [0.1, 0.15) is 4.60 Å². The van der Waals surface area contributed by atoms with Crippen LogP contribution in [0.1, 0.15) is 0 Å². The van der Waals surface area contributed by atoms with Crippen molar-refractivity contribution < 1.29 is 14.7 Å². The molecule has 0 aromatic carbocycles. The van der Waals surface area contributed by atoms with E-state index in [2.05, 4.69) is 26.2 Å². The highest BCUT2D eigenvalue weighted by Crippen LogP contribution is 2.10. The van der Waals surface area contributed by atoms with E-state index in [1.807, 2.05) is 0 Å². The van der Waals surface area contributed by atoms with Crippen molar-refractivity contribution in [2.24, 2.45) is 0 Å². The van der Waals surface area contributed by atoms with Gasteiger partial charge in [-0.05, 0) is 28.1 Å². The molecule has 0 saturated heterocycles. The Hall–Kier alpha value is -1.69. The highest BCUT2D eigenvalue weighted by atomic mass is 79.9. The lowest BCUT2D eigenvalue weighted by Crippen LogP contribution is -2.08. The minimum Gasteiger partial charge on any atom is -0.478 e. The number of hydrogen-bond acceptors (Lipinski definition) is 3. The van der Waals surface area contributed by atoms with Crippen LogP contribution in [0, 0.1) is 0 Å². The first-order chi connectivity index (χ1) is 7.08. The van der Waals surface area contributed by atoms with Gasteiger partial charge < -0.3 is 10.4 Å². The van der Waals surface area contributed by atoms with E-state index in [1.54, 1.807) is 12.1 Å². The first-order valence-electron chi connectivity index (χ1n) is 3.91. The Morgan fingerprint density at radius 1 is 1.40 bits per heavy atom.